The average molecular weight is 472 g/mol. The third-order valence-electron chi connectivity index (χ3n) is 6.31. The Morgan fingerprint density at radius 3 is 2.56 bits per heavy atom. The van der Waals surface area contributed by atoms with Gasteiger partial charge in [0, 0.05) is 23.2 Å². The number of hydrogen-bond acceptors (Lipinski definition) is 3. The Balaban J connectivity index is 1.71. The van der Waals surface area contributed by atoms with Crippen LogP contribution in [0.4, 0.5) is 4.79 Å². The highest BCUT2D eigenvalue weighted by atomic mass is 32.2. The number of nitrogens with zero attached hydrogens (tertiary/aromatic N) is 4. The Kier molecular flexibility index (Phi) is 6.20. The number of carbonyl (C=O) groups is 1. The summed E-state index contributed by atoms with van der Waals surface area (Å²) in [6.45, 7) is 5.21. The van der Waals surface area contributed by atoms with Gasteiger partial charge in [0.15, 0.2) is 0 Å². The van der Waals surface area contributed by atoms with Crippen LogP contribution in [0.1, 0.15) is 41.9 Å². The molecule has 34 heavy (non-hydrogen) atoms. The summed E-state index contributed by atoms with van der Waals surface area (Å²) in [5, 5.41) is 8.00. The van der Waals surface area contributed by atoms with Crippen molar-refractivity contribution in [2.75, 3.05) is 12.8 Å². The lowest BCUT2D eigenvalue weighted by Gasteiger charge is -2.31. The van der Waals surface area contributed by atoms with E-state index in [0.29, 0.717) is 13.1 Å². The van der Waals surface area contributed by atoms with E-state index in [-0.39, 0.29) is 12.1 Å². The molecule has 0 bridgehead atoms. The third kappa shape index (κ3) is 3.90. The number of thioether (sulfide) groups is 1. The highest BCUT2D eigenvalue weighted by Gasteiger charge is 2.35. The van der Waals surface area contributed by atoms with Gasteiger partial charge in [-0.3, -0.25) is 0 Å². The summed E-state index contributed by atoms with van der Waals surface area (Å²) in [5.74, 6) is 0.986. The summed E-state index contributed by atoms with van der Waals surface area (Å²) in [6, 6.07) is 22.6. The van der Waals surface area contributed by atoms with Crippen molar-refractivity contribution in [3.8, 4) is 11.5 Å². The number of benzene rings is 2. The molecule has 1 aliphatic heterocycles. The van der Waals surface area contributed by atoms with Crippen LogP contribution in [0.3, 0.4) is 0 Å². The number of fused-ring (bicyclic) bond motifs is 3. The molecule has 7 heteroatoms. The lowest BCUT2D eigenvalue weighted by Crippen LogP contribution is -2.42. The summed E-state index contributed by atoms with van der Waals surface area (Å²) in [6.07, 6.45) is 5.04. The second-order valence-corrected chi connectivity index (χ2v) is 9.35. The number of urea groups is 1. The number of aromatic nitrogens is 3. The van der Waals surface area contributed by atoms with Gasteiger partial charge in [0.05, 0.1) is 29.7 Å². The van der Waals surface area contributed by atoms with Gasteiger partial charge in [0.25, 0.3) is 0 Å². The molecule has 0 aliphatic carbocycles. The van der Waals surface area contributed by atoms with Gasteiger partial charge in [-0.2, -0.15) is 5.10 Å². The minimum absolute atomic E-state index is 0.0618. The van der Waals surface area contributed by atoms with Crippen LogP contribution < -0.4 is 5.32 Å². The van der Waals surface area contributed by atoms with Crippen molar-refractivity contribution in [3.63, 3.8) is 0 Å². The molecule has 2 amide bonds. The van der Waals surface area contributed by atoms with Gasteiger partial charge in [-0.1, -0.05) is 37.3 Å². The van der Waals surface area contributed by atoms with Crippen molar-refractivity contribution in [1.29, 1.82) is 0 Å². The van der Waals surface area contributed by atoms with Gasteiger partial charge in [0.2, 0.25) is 0 Å². The van der Waals surface area contributed by atoms with E-state index in [1.807, 2.05) is 40.8 Å². The molecular weight excluding hydrogens is 442 g/mol. The van der Waals surface area contributed by atoms with Crippen LogP contribution in [0.25, 0.3) is 11.5 Å². The number of carbonyl (C=O) groups excluding carboxylic acids is 1. The lowest BCUT2D eigenvalue weighted by molar-refractivity contribution is 0.180. The SMILES string of the molecule is CCCNC(=O)N1Cc2c(C)nn(-c3ccccc3)c2-n2cccc2[C@@H]1c1ccc(SC)cc1. The molecule has 174 valence electrons. The molecule has 0 radical (unpaired) electrons. The molecule has 5 rings (SSSR count). The maximum absolute atomic E-state index is 13.5. The van der Waals surface area contributed by atoms with Crippen LogP contribution >= 0.6 is 11.8 Å². The Morgan fingerprint density at radius 1 is 1.09 bits per heavy atom. The Bertz CT molecular complexity index is 1290. The highest BCUT2D eigenvalue weighted by Crippen LogP contribution is 2.38. The molecule has 0 fully saturated rings. The first-order valence-corrected chi connectivity index (χ1v) is 12.8. The second-order valence-electron chi connectivity index (χ2n) is 8.47. The summed E-state index contributed by atoms with van der Waals surface area (Å²) in [5.41, 5.74) is 5.10. The van der Waals surface area contributed by atoms with Crippen molar-refractivity contribution in [1.82, 2.24) is 24.6 Å². The smallest absolute Gasteiger partial charge is 0.318 e. The van der Waals surface area contributed by atoms with Crippen molar-refractivity contribution in [3.05, 3.63) is 95.4 Å². The van der Waals surface area contributed by atoms with Crippen molar-refractivity contribution in [2.45, 2.75) is 37.8 Å². The molecule has 1 aliphatic rings. The van der Waals surface area contributed by atoms with E-state index < -0.39 is 0 Å². The van der Waals surface area contributed by atoms with Gasteiger partial charge in [-0.15, -0.1) is 11.8 Å². The Morgan fingerprint density at radius 2 is 1.85 bits per heavy atom. The van der Waals surface area contributed by atoms with E-state index in [1.165, 1.54) is 4.90 Å². The van der Waals surface area contributed by atoms with Crippen LogP contribution in [-0.2, 0) is 6.54 Å². The molecule has 0 spiro atoms. The molecule has 6 nitrogen and oxygen atoms in total. The van der Waals surface area contributed by atoms with E-state index in [4.69, 9.17) is 5.10 Å². The monoisotopic (exact) mass is 471 g/mol. The maximum atomic E-state index is 13.5. The molecule has 4 aromatic rings. The molecule has 1 atom stereocenters. The van der Waals surface area contributed by atoms with Gasteiger partial charge >= 0.3 is 6.03 Å². The van der Waals surface area contributed by atoms with Crippen molar-refractivity contribution in [2.24, 2.45) is 0 Å². The molecule has 2 aromatic heterocycles. The van der Waals surface area contributed by atoms with Crippen molar-refractivity contribution >= 4 is 17.8 Å². The molecular formula is C27H29N5OS. The van der Waals surface area contributed by atoms with Gasteiger partial charge in [-0.25, -0.2) is 9.48 Å². The largest absolute Gasteiger partial charge is 0.338 e. The van der Waals surface area contributed by atoms with E-state index in [0.717, 1.165) is 40.4 Å². The second kappa shape index (κ2) is 9.43. The van der Waals surface area contributed by atoms with Crippen LogP contribution in [-0.4, -0.2) is 38.1 Å². The number of amides is 2. The summed E-state index contributed by atoms with van der Waals surface area (Å²) >= 11 is 1.72. The fourth-order valence-corrected chi connectivity index (χ4v) is 5.03. The fraction of sp³-hybridized carbons (Fsp3) is 0.259. The molecule has 0 unspecified atom stereocenters. The molecule has 1 N–H and O–H groups in total. The maximum Gasteiger partial charge on any atom is 0.318 e. The zero-order valence-corrected chi connectivity index (χ0v) is 20.5. The highest BCUT2D eigenvalue weighted by molar-refractivity contribution is 7.98. The zero-order valence-electron chi connectivity index (χ0n) is 19.7. The van der Waals surface area contributed by atoms with Crippen LogP contribution in [0.5, 0.6) is 0 Å². The molecule has 0 saturated heterocycles. The standard InChI is InChI=1S/C27H29N5OS/c1-4-16-28-27(33)31-18-23-19(2)29-32(21-9-6-5-7-10-21)26(23)30-17-8-11-24(30)25(31)20-12-14-22(34-3)15-13-20/h5-15,17,25H,4,16,18H2,1-3H3,(H,28,33)/t25-/m0/s1. The number of hydrogen-bond donors (Lipinski definition) is 1. The topological polar surface area (TPSA) is 55.1 Å². The summed E-state index contributed by atoms with van der Waals surface area (Å²) in [7, 11) is 0. The normalized spacial score (nSPS) is 14.9. The first-order valence-electron chi connectivity index (χ1n) is 11.6. The average Bonchev–Trinajstić information content (AvgIpc) is 3.43. The van der Waals surface area contributed by atoms with E-state index >= 15 is 0 Å². The predicted molar refractivity (Wildman–Crippen MR) is 137 cm³/mol. The molecule has 0 saturated carbocycles. The minimum atomic E-state index is -0.223. The molecule has 3 heterocycles. The fourth-order valence-electron chi connectivity index (χ4n) is 4.62. The molecule has 2 aromatic carbocycles. The van der Waals surface area contributed by atoms with E-state index in [9.17, 15) is 4.79 Å². The number of nitrogens with one attached hydrogen (secondary N) is 1. The number of aryl methyl sites for hydroxylation is 1. The van der Waals surface area contributed by atoms with Crippen LogP contribution in [0.2, 0.25) is 0 Å². The first-order chi connectivity index (χ1) is 16.6. The number of para-hydroxylation sites is 1. The van der Waals surface area contributed by atoms with E-state index in [2.05, 4.69) is 71.7 Å². The quantitative estimate of drug-likeness (QED) is 0.379. The third-order valence-corrected chi connectivity index (χ3v) is 7.05. The first kappa shape index (κ1) is 22.3. The van der Waals surface area contributed by atoms with Gasteiger partial charge in [-0.05, 0) is 61.6 Å². The van der Waals surface area contributed by atoms with E-state index in [1.54, 1.807) is 11.8 Å². The zero-order chi connectivity index (χ0) is 23.7. The van der Waals surface area contributed by atoms with Crippen LogP contribution in [0, 0.1) is 6.92 Å². The van der Waals surface area contributed by atoms with Gasteiger partial charge < -0.3 is 14.8 Å². The summed E-state index contributed by atoms with van der Waals surface area (Å²) < 4.78 is 4.19. The Hall–Kier alpha value is -3.45. The van der Waals surface area contributed by atoms with Gasteiger partial charge in [0.1, 0.15) is 5.82 Å². The minimum Gasteiger partial charge on any atom is -0.338 e. The van der Waals surface area contributed by atoms with Crippen LogP contribution in [0.15, 0.2) is 77.8 Å². The van der Waals surface area contributed by atoms with Crippen molar-refractivity contribution < 1.29 is 4.79 Å². The summed E-state index contributed by atoms with van der Waals surface area (Å²) in [4.78, 5) is 16.7. The predicted octanol–water partition coefficient (Wildman–Crippen LogP) is 5.72. The Labute approximate surface area is 204 Å². The number of rotatable bonds is 5. The lowest BCUT2D eigenvalue weighted by atomic mass is 10.0.